The van der Waals surface area contributed by atoms with Crippen LogP contribution in [0.2, 0.25) is 0 Å². The van der Waals surface area contributed by atoms with Gasteiger partial charge < -0.3 is 10.6 Å². The van der Waals surface area contributed by atoms with Gasteiger partial charge in [-0.25, -0.2) is 4.99 Å². The monoisotopic (exact) mass is 460 g/mol. The van der Waals surface area contributed by atoms with Crippen LogP contribution < -0.4 is 10.6 Å². The van der Waals surface area contributed by atoms with Crippen molar-refractivity contribution in [3.63, 3.8) is 0 Å². The number of benzene rings is 2. The minimum Gasteiger partial charge on any atom is -0.357 e. The van der Waals surface area contributed by atoms with Crippen molar-refractivity contribution >= 4 is 40.8 Å². The summed E-state index contributed by atoms with van der Waals surface area (Å²) in [7, 11) is 0. The number of pyridine rings is 1. The third kappa shape index (κ3) is 5.17. The fourth-order valence-electron chi connectivity index (χ4n) is 2.79. The lowest BCUT2D eigenvalue weighted by atomic mass is 10.1. The van der Waals surface area contributed by atoms with Crippen molar-refractivity contribution < 1.29 is 0 Å². The van der Waals surface area contributed by atoms with Crippen LogP contribution in [0.3, 0.4) is 0 Å². The lowest BCUT2D eigenvalue weighted by Crippen LogP contribution is -2.36. The molecule has 2 N–H and O–H groups in total. The summed E-state index contributed by atoms with van der Waals surface area (Å²) in [6, 6.07) is 18.7. The second-order valence-corrected chi connectivity index (χ2v) is 5.97. The largest absolute Gasteiger partial charge is 0.357 e. The third-order valence-electron chi connectivity index (χ3n) is 4.18. The summed E-state index contributed by atoms with van der Waals surface area (Å²) in [5, 5.41) is 7.87. The molecule has 0 fully saturated rings. The number of aryl methyl sites for hydroxylation is 1. The van der Waals surface area contributed by atoms with Crippen LogP contribution in [0.1, 0.15) is 23.6 Å². The van der Waals surface area contributed by atoms with E-state index in [4.69, 9.17) is 4.99 Å². The number of nitrogens with one attached hydrogen (secondary N) is 2. The summed E-state index contributed by atoms with van der Waals surface area (Å²) in [6.07, 6.45) is 1.83. The lowest BCUT2D eigenvalue weighted by molar-refractivity contribution is 0.813. The molecule has 0 spiro atoms. The average molecular weight is 460 g/mol. The van der Waals surface area contributed by atoms with Crippen molar-refractivity contribution in [2.24, 2.45) is 4.99 Å². The molecule has 3 rings (SSSR count). The minimum atomic E-state index is 0. The molecule has 1 heterocycles. The van der Waals surface area contributed by atoms with E-state index >= 15 is 0 Å². The van der Waals surface area contributed by atoms with E-state index in [0.29, 0.717) is 6.54 Å². The number of para-hydroxylation sites is 1. The zero-order valence-corrected chi connectivity index (χ0v) is 17.5. The Balaban J connectivity index is 0.00000243. The topological polar surface area (TPSA) is 49.3 Å². The van der Waals surface area contributed by atoms with Gasteiger partial charge in [-0.1, -0.05) is 48.5 Å². The Morgan fingerprint density at radius 2 is 1.73 bits per heavy atom. The summed E-state index contributed by atoms with van der Waals surface area (Å²) in [5.74, 6) is 0.818. The van der Waals surface area contributed by atoms with Crippen LogP contribution in [0.25, 0.3) is 10.9 Å². The van der Waals surface area contributed by atoms with Gasteiger partial charge in [0.2, 0.25) is 0 Å². The molecular formula is C21H25IN4. The van der Waals surface area contributed by atoms with E-state index in [2.05, 4.69) is 78.0 Å². The fraction of sp³-hybridized carbons (Fsp3) is 0.238. The van der Waals surface area contributed by atoms with E-state index in [1.165, 1.54) is 11.1 Å². The molecule has 136 valence electrons. The van der Waals surface area contributed by atoms with Gasteiger partial charge in [-0.15, -0.1) is 24.0 Å². The molecule has 0 saturated heterocycles. The molecule has 3 aromatic rings. The van der Waals surface area contributed by atoms with E-state index in [9.17, 15) is 0 Å². The zero-order valence-electron chi connectivity index (χ0n) is 15.2. The number of aliphatic imine (C=N–C) groups is 1. The van der Waals surface area contributed by atoms with Crippen molar-refractivity contribution in [3.8, 4) is 0 Å². The Labute approximate surface area is 172 Å². The van der Waals surface area contributed by atoms with Gasteiger partial charge in [-0.05, 0) is 36.6 Å². The van der Waals surface area contributed by atoms with Gasteiger partial charge in [0.15, 0.2) is 5.96 Å². The molecule has 0 bridgehead atoms. The predicted molar refractivity (Wildman–Crippen MR) is 120 cm³/mol. The molecule has 26 heavy (non-hydrogen) atoms. The number of hydrogen-bond acceptors (Lipinski definition) is 2. The first-order valence-corrected chi connectivity index (χ1v) is 8.67. The van der Waals surface area contributed by atoms with Crippen LogP contribution in [-0.4, -0.2) is 17.5 Å². The summed E-state index contributed by atoms with van der Waals surface area (Å²) in [4.78, 5) is 9.23. The molecule has 0 aliphatic heterocycles. The van der Waals surface area contributed by atoms with Gasteiger partial charge in [-0.3, -0.25) is 4.98 Å². The lowest BCUT2D eigenvalue weighted by Gasteiger charge is -2.13. The minimum absolute atomic E-state index is 0. The molecule has 5 heteroatoms. The van der Waals surface area contributed by atoms with Crippen LogP contribution in [0.4, 0.5) is 0 Å². The Hall–Kier alpha value is -2.15. The third-order valence-corrected chi connectivity index (χ3v) is 4.18. The first kappa shape index (κ1) is 20.2. The molecule has 0 saturated carbocycles. The standard InChI is InChI=1S/C21H24N4.HI/c1-3-22-21(24-14-18-9-5-4-8-16(18)2)25-15-19-11-6-10-17-12-7-13-23-20(17)19;/h4-13H,3,14-15H2,1-2H3,(H2,22,24,25);1H. The van der Waals surface area contributed by atoms with Crippen molar-refractivity contribution in [1.82, 2.24) is 15.6 Å². The Kier molecular flexibility index (Phi) is 7.84. The van der Waals surface area contributed by atoms with E-state index in [0.717, 1.165) is 35.5 Å². The fourth-order valence-corrected chi connectivity index (χ4v) is 2.79. The van der Waals surface area contributed by atoms with Crippen LogP contribution in [0.15, 0.2) is 65.8 Å². The highest BCUT2D eigenvalue weighted by atomic mass is 127. The van der Waals surface area contributed by atoms with E-state index in [-0.39, 0.29) is 24.0 Å². The smallest absolute Gasteiger partial charge is 0.191 e. The molecule has 1 aromatic heterocycles. The number of fused-ring (bicyclic) bond motifs is 1. The second kappa shape index (κ2) is 10.1. The molecule has 0 aliphatic carbocycles. The number of halogens is 1. The quantitative estimate of drug-likeness (QED) is 0.337. The van der Waals surface area contributed by atoms with Crippen LogP contribution >= 0.6 is 24.0 Å². The Morgan fingerprint density at radius 1 is 0.962 bits per heavy atom. The average Bonchev–Trinajstić information content (AvgIpc) is 2.65. The Bertz CT molecular complexity index is 871. The van der Waals surface area contributed by atoms with Crippen molar-refractivity contribution in [1.29, 1.82) is 0 Å². The highest BCUT2D eigenvalue weighted by Gasteiger charge is 2.03. The van der Waals surface area contributed by atoms with Crippen LogP contribution in [-0.2, 0) is 13.1 Å². The summed E-state index contributed by atoms with van der Waals surface area (Å²) < 4.78 is 0. The molecule has 0 radical (unpaired) electrons. The predicted octanol–water partition coefficient (Wildman–Crippen LogP) is 4.42. The molecule has 0 amide bonds. The number of aromatic nitrogens is 1. The van der Waals surface area contributed by atoms with Gasteiger partial charge in [0, 0.05) is 24.7 Å². The van der Waals surface area contributed by atoms with Gasteiger partial charge >= 0.3 is 0 Å². The highest BCUT2D eigenvalue weighted by Crippen LogP contribution is 2.16. The van der Waals surface area contributed by atoms with E-state index in [1.807, 2.05) is 12.3 Å². The number of nitrogens with zero attached hydrogens (tertiary/aromatic N) is 2. The molecule has 2 aromatic carbocycles. The zero-order chi connectivity index (χ0) is 17.5. The van der Waals surface area contributed by atoms with Crippen molar-refractivity contribution in [3.05, 3.63) is 77.5 Å². The molecule has 4 nitrogen and oxygen atoms in total. The van der Waals surface area contributed by atoms with E-state index < -0.39 is 0 Å². The van der Waals surface area contributed by atoms with Crippen molar-refractivity contribution in [2.45, 2.75) is 26.9 Å². The molecule has 0 atom stereocenters. The summed E-state index contributed by atoms with van der Waals surface area (Å²) >= 11 is 0. The van der Waals surface area contributed by atoms with Gasteiger partial charge in [-0.2, -0.15) is 0 Å². The maximum atomic E-state index is 4.73. The van der Waals surface area contributed by atoms with Crippen LogP contribution in [0.5, 0.6) is 0 Å². The van der Waals surface area contributed by atoms with Gasteiger partial charge in [0.1, 0.15) is 0 Å². The summed E-state index contributed by atoms with van der Waals surface area (Å²) in [5.41, 5.74) is 4.71. The highest BCUT2D eigenvalue weighted by molar-refractivity contribution is 14.0. The van der Waals surface area contributed by atoms with Crippen molar-refractivity contribution in [2.75, 3.05) is 6.54 Å². The number of hydrogen-bond donors (Lipinski definition) is 2. The number of rotatable bonds is 5. The normalized spacial score (nSPS) is 11.1. The van der Waals surface area contributed by atoms with Gasteiger partial charge in [0.25, 0.3) is 0 Å². The van der Waals surface area contributed by atoms with E-state index in [1.54, 1.807) is 0 Å². The maximum absolute atomic E-state index is 4.73. The Morgan fingerprint density at radius 3 is 2.54 bits per heavy atom. The van der Waals surface area contributed by atoms with Crippen LogP contribution in [0, 0.1) is 6.92 Å². The second-order valence-electron chi connectivity index (χ2n) is 5.97. The number of guanidine groups is 1. The first-order chi connectivity index (χ1) is 12.3. The molecule has 0 aliphatic rings. The van der Waals surface area contributed by atoms with Gasteiger partial charge in [0.05, 0.1) is 12.1 Å². The summed E-state index contributed by atoms with van der Waals surface area (Å²) in [6.45, 7) is 6.38. The molecular weight excluding hydrogens is 435 g/mol. The maximum Gasteiger partial charge on any atom is 0.191 e. The molecule has 0 unspecified atom stereocenters. The SMILES string of the molecule is CCNC(=NCc1cccc2cccnc12)NCc1ccccc1C.I. The first-order valence-electron chi connectivity index (χ1n) is 8.67.